The molecule has 0 saturated heterocycles. The van der Waals surface area contributed by atoms with Crippen LogP contribution in [-0.4, -0.2) is 20.0 Å². The molecule has 1 N–H and O–H groups in total. The van der Waals surface area contributed by atoms with E-state index in [9.17, 15) is 4.57 Å². The zero-order valence-electron chi connectivity index (χ0n) is 16.0. The van der Waals surface area contributed by atoms with Crippen molar-refractivity contribution in [2.24, 2.45) is 0 Å². The Hall–Kier alpha value is -1.97. The molecule has 1 unspecified atom stereocenters. The first kappa shape index (κ1) is 19.8. The van der Waals surface area contributed by atoms with E-state index in [4.69, 9.17) is 9.05 Å². The molecule has 0 fully saturated rings. The van der Waals surface area contributed by atoms with E-state index in [2.05, 4.69) is 36.5 Å². The first-order chi connectivity index (χ1) is 13.1. The summed E-state index contributed by atoms with van der Waals surface area (Å²) in [7, 11) is -0.428. The highest BCUT2D eigenvalue weighted by molar-refractivity contribution is 7.54. The quantitative estimate of drug-likeness (QED) is 0.519. The second-order valence-electron chi connectivity index (χ2n) is 6.57. The molecule has 0 amide bonds. The van der Waals surface area contributed by atoms with Crippen molar-refractivity contribution in [3.05, 3.63) is 83.9 Å². The van der Waals surface area contributed by atoms with Gasteiger partial charge in [-0.15, -0.1) is 0 Å². The van der Waals surface area contributed by atoms with Crippen LogP contribution >= 0.6 is 7.60 Å². The lowest BCUT2D eigenvalue weighted by Crippen LogP contribution is -2.34. The van der Waals surface area contributed by atoms with Crippen LogP contribution < -0.4 is 5.32 Å². The van der Waals surface area contributed by atoms with Gasteiger partial charge >= 0.3 is 7.60 Å². The third kappa shape index (κ3) is 4.48. The first-order valence-corrected chi connectivity index (χ1v) is 10.7. The Morgan fingerprint density at radius 3 is 2.22 bits per heavy atom. The van der Waals surface area contributed by atoms with Crippen LogP contribution in [-0.2, 0) is 20.0 Å². The zero-order chi connectivity index (χ0) is 19.3. The van der Waals surface area contributed by atoms with E-state index in [0.29, 0.717) is 6.42 Å². The third-order valence-electron chi connectivity index (χ3n) is 4.89. The van der Waals surface area contributed by atoms with Crippen molar-refractivity contribution < 1.29 is 13.6 Å². The third-order valence-corrected chi connectivity index (χ3v) is 7.01. The molecule has 0 radical (unpaired) electrons. The van der Waals surface area contributed by atoms with Gasteiger partial charge in [0.15, 0.2) is 0 Å². The molecule has 0 spiro atoms. The number of rotatable bonds is 8. The number of hydrogen-bond donors (Lipinski definition) is 1. The van der Waals surface area contributed by atoms with E-state index >= 15 is 0 Å². The molecule has 5 heteroatoms. The average molecular weight is 383 g/mol. The lowest BCUT2D eigenvalue weighted by atomic mass is 9.99. The summed E-state index contributed by atoms with van der Waals surface area (Å²) in [6, 6.07) is 24.5. The summed E-state index contributed by atoms with van der Waals surface area (Å²) in [4.78, 5) is 0. The van der Waals surface area contributed by atoms with Crippen molar-refractivity contribution in [2.45, 2.75) is 25.2 Å². The molecule has 0 aliphatic carbocycles. The monoisotopic (exact) mass is 383 g/mol. The van der Waals surface area contributed by atoms with Gasteiger partial charge in [0.1, 0.15) is 5.78 Å². The minimum Gasteiger partial charge on any atom is -0.311 e. The molecule has 0 saturated carbocycles. The zero-order valence-corrected chi connectivity index (χ0v) is 16.9. The van der Waals surface area contributed by atoms with Gasteiger partial charge in [-0.25, -0.2) is 0 Å². The van der Waals surface area contributed by atoms with Gasteiger partial charge in [-0.1, -0.05) is 72.8 Å². The fourth-order valence-electron chi connectivity index (χ4n) is 3.43. The van der Waals surface area contributed by atoms with E-state index in [1.165, 1.54) is 25.0 Å². The van der Waals surface area contributed by atoms with Crippen molar-refractivity contribution in [2.75, 3.05) is 14.2 Å². The molecule has 3 aromatic carbocycles. The Bertz CT molecular complexity index is 916. The molecule has 142 valence electrons. The van der Waals surface area contributed by atoms with Crippen LogP contribution in [0.5, 0.6) is 0 Å². The summed E-state index contributed by atoms with van der Waals surface area (Å²) >= 11 is 0. The maximum absolute atomic E-state index is 13.2. The molecule has 0 heterocycles. The second kappa shape index (κ2) is 8.81. The second-order valence-corrected chi connectivity index (χ2v) is 9.00. The summed E-state index contributed by atoms with van der Waals surface area (Å²) in [5, 5.41) is 5.87. The molecule has 3 aromatic rings. The predicted octanol–water partition coefficient (Wildman–Crippen LogP) is 5.55. The number of hydrogen-bond acceptors (Lipinski definition) is 4. The van der Waals surface area contributed by atoms with Gasteiger partial charge in [-0.2, -0.15) is 0 Å². The van der Waals surface area contributed by atoms with Gasteiger partial charge in [-0.3, -0.25) is 9.88 Å². The Balaban J connectivity index is 1.92. The number of fused-ring (bicyclic) bond motifs is 1. The Kier molecular flexibility index (Phi) is 6.46. The van der Waals surface area contributed by atoms with Crippen molar-refractivity contribution >= 4 is 18.4 Å². The molecule has 0 bridgehead atoms. The Morgan fingerprint density at radius 1 is 0.889 bits per heavy atom. The highest BCUT2D eigenvalue weighted by Crippen LogP contribution is 2.52. The van der Waals surface area contributed by atoms with Gasteiger partial charge in [0.05, 0.1) is 0 Å². The summed E-state index contributed by atoms with van der Waals surface area (Å²) in [6.45, 7) is 2.08. The summed E-state index contributed by atoms with van der Waals surface area (Å²) < 4.78 is 23.8. The van der Waals surface area contributed by atoms with Crippen molar-refractivity contribution in [1.82, 2.24) is 5.32 Å². The van der Waals surface area contributed by atoms with Gasteiger partial charge in [0.2, 0.25) is 0 Å². The van der Waals surface area contributed by atoms with Crippen LogP contribution in [0, 0.1) is 0 Å². The average Bonchev–Trinajstić information content (AvgIpc) is 2.73. The minimum absolute atomic E-state index is 0.0246. The SMILES string of the molecule is COP(=O)(OC)C(Cc1ccccc1)N[C@@H](C)c1cccc2ccccc12. The fourth-order valence-corrected chi connectivity index (χ4v) is 4.93. The molecule has 0 aromatic heterocycles. The van der Waals surface area contributed by atoms with Crippen LogP contribution in [0.25, 0.3) is 10.8 Å². The molecule has 27 heavy (non-hydrogen) atoms. The van der Waals surface area contributed by atoms with Crippen LogP contribution in [0.4, 0.5) is 0 Å². The Morgan fingerprint density at radius 2 is 1.52 bits per heavy atom. The van der Waals surface area contributed by atoms with Crippen LogP contribution in [0.2, 0.25) is 0 Å². The summed E-state index contributed by atoms with van der Waals surface area (Å²) in [6.07, 6.45) is 0.550. The molecule has 2 atom stereocenters. The van der Waals surface area contributed by atoms with Gasteiger partial charge < -0.3 is 9.05 Å². The van der Waals surface area contributed by atoms with Crippen molar-refractivity contribution in [3.8, 4) is 0 Å². The lowest BCUT2D eigenvalue weighted by molar-refractivity contribution is 0.255. The largest absolute Gasteiger partial charge is 0.347 e. The molecule has 0 aliphatic heterocycles. The van der Waals surface area contributed by atoms with Crippen LogP contribution in [0.15, 0.2) is 72.8 Å². The van der Waals surface area contributed by atoms with E-state index in [-0.39, 0.29) is 6.04 Å². The van der Waals surface area contributed by atoms with Crippen LogP contribution in [0.1, 0.15) is 24.1 Å². The maximum Gasteiger partial charge on any atom is 0.347 e. The van der Waals surface area contributed by atoms with E-state index in [1.54, 1.807) is 0 Å². The first-order valence-electron chi connectivity index (χ1n) is 9.06. The highest BCUT2D eigenvalue weighted by atomic mass is 31.2. The molecular formula is C22H26NO3P. The standard InChI is InChI=1S/C22H26NO3P/c1-17(20-15-9-13-19-12-7-8-14-21(19)20)23-22(27(24,25-2)26-3)16-18-10-5-4-6-11-18/h4-15,17,22-23H,16H2,1-3H3/t17-,22?/m0/s1. The predicted molar refractivity (Wildman–Crippen MR) is 111 cm³/mol. The topological polar surface area (TPSA) is 47.6 Å². The van der Waals surface area contributed by atoms with Gasteiger partial charge in [-0.05, 0) is 35.2 Å². The molecule has 4 nitrogen and oxygen atoms in total. The normalized spacial score (nSPS) is 14.2. The molecule has 3 rings (SSSR count). The smallest absolute Gasteiger partial charge is 0.311 e. The maximum atomic E-state index is 13.2. The van der Waals surface area contributed by atoms with Gasteiger partial charge in [0.25, 0.3) is 0 Å². The highest BCUT2D eigenvalue weighted by Gasteiger charge is 2.35. The van der Waals surface area contributed by atoms with Gasteiger partial charge in [0, 0.05) is 20.3 Å². The Labute approximate surface area is 161 Å². The van der Waals surface area contributed by atoms with Crippen molar-refractivity contribution in [3.63, 3.8) is 0 Å². The van der Waals surface area contributed by atoms with E-state index in [1.807, 2.05) is 48.5 Å². The molecule has 0 aliphatic rings. The van der Waals surface area contributed by atoms with Crippen molar-refractivity contribution in [1.29, 1.82) is 0 Å². The lowest BCUT2D eigenvalue weighted by Gasteiger charge is -2.29. The number of nitrogens with one attached hydrogen (secondary N) is 1. The molecular weight excluding hydrogens is 357 g/mol. The van der Waals surface area contributed by atoms with E-state index in [0.717, 1.165) is 11.1 Å². The fraction of sp³-hybridized carbons (Fsp3) is 0.273. The van der Waals surface area contributed by atoms with E-state index < -0.39 is 13.4 Å². The summed E-state index contributed by atoms with van der Waals surface area (Å²) in [5.41, 5.74) is 2.24. The minimum atomic E-state index is -3.30. The number of benzene rings is 3. The summed E-state index contributed by atoms with van der Waals surface area (Å²) in [5.74, 6) is -0.455. The van der Waals surface area contributed by atoms with Crippen LogP contribution in [0.3, 0.4) is 0 Å².